The molecule has 1 aliphatic carbocycles. The van der Waals surface area contributed by atoms with Crippen molar-refractivity contribution in [1.82, 2.24) is 24.8 Å². The van der Waals surface area contributed by atoms with Crippen molar-refractivity contribution in [2.75, 3.05) is 7.11 Å². The van der Waals surface area contributed by atoms with Crippen molar-refractivity contribution in [2.45, 2.75) is 58.7 Å². The number of aromatic nitrogens is 5. The number of nitrogens with zero attached hydrogens (tertiary/aromatic N) is 5. The number of methoxy groups -OCH3 is 1. The highest BCUT2D eigenvalue weighted by molar-refractivity contribution is 6.06. The molecule has 8 heteroatoms. The fourth-order valence-electron chi connectivity index (χ4n) is 3.62. The van der Waals surface area contributed by atoms with Crippen molar-refractivity contribution in [2.24, 2.45) is 0 Å². The molecule has 1 aliphatic rings. The molecule has 2 heterocycles. The Hall–Kier alpha value is -2.90. The molecule has 3 aromatic rings. The van der Waals surface area contributed by atoms with Crippen LogP contribution in [0.25, 0.3) is 10.9 Å². The van der Waals surface area contributed by atoms with Gasteiger partial charge in [0.05, 0.1) is 12.7 Å². The molecule has 0 amide bonds. The van der Waals surface area contributed by atoms with Crippen LogP contribution in [0.2, 0.25) is 0 Å². The maximum Gasteiger partial charge on any atom is 0.341 e. The summed E-state index contributed by atoms with van der Waals surface area (Å²) in [4.78, 5) is 13.0. The maximum absolute atomic E-state index is 13.0. The Morgan fingerprint density at radius 2 is 2.14 bits per heavy atom. The monoisotopic (exact) mass is 383 g/mol. The third-order valence-electron chi connectivity index (χ3n) is 5.23. The number of fused-ring (bicyclic) bond motifs is 1. The SMILES string of the molecule is CCCCn1nnnc1COC(=O)c1c(C)n(C2CC2)c2ccc(OC)cc12. The average molecular weight is 383 g/mol. The van der Waals surface area contributed by atoms with Crippen LogP contribution in [-0.2, 0) is 17.9 Å². The predicted molar refractivity (Wildman–Crippen MR) is 103 cm³/mol. The van der Waals surface area contributed by atoms with Gasteiger partial charge in [0.25, 0.3) is 0 Å². The van der Waals surface area contributed by atoms with Crippen LogP contribution in [0.15, 0.2) is 18.2 Å². The maximum atomic E-state index is 13.0. The number of hydrogen-bond donors (Lipinski definition) is 0. The first-order chi connectivity index (χ1) is 13.6. The summed E-state index contributed by atoms with van der Waals surface area (Å²) >= 11 is 0. The van der Waals surface area contributed by atoms with Gasteiger partial charge in [0, 0.05) is 29.2 Å². The summed E-state index contributed by atoms with van der Waals surface area (Å²) in [5.74, 6) is 0.918. The van der Waals surface area contributed by atoms with Gasteiger partial charge >= 0.3 is 5.97 Å². The van der Waals surface area contributed by atoms with Gasteiger partial charge in [-0.25, -0.2) is 9.48 Å². The Balaban J connectivity index is 1.62. The third-order valence-corrected chi connectivity index (χ3v) is 5.23. The van der Waals surface area contributed by atoms with Crippen molar-refractivity contribution < 1.29 is 14.3 Å². The summed E-state index contributed by atoms with van der Waals surface area (Å²) in [5, 5.41) is 12.5. The molecule has 0 spiro atoms. The molecule has 0 aliphatic heterocycles. The van der Waals surface area contributed by atoms with Crippen molar-refractivity contribution in [3.63, 3.8) is 0 Å². The van der Waals surface area contributed by atoms with Gasteiger partial charge in [0.1, 0.15) is 5.75 Å². The molecule has 148 valence electrons. The first-order valence-corrected chi connectivity index (χ1v) is 9.74. The fourth-order valence-corrected chi connectivity index (χ4v) is 3.62. The number of hydrogen-bond acceptors (Lipinski definition) is 6. The van der Waals surface area contributed by atoms with Gasteiger partial charge in [-0.2, -0.15) is 0 Å². The smallest absolute Gasteiger partial charge is 0.341 e. The molecule has 1 fully saturated rings. The van der Waals surface area contributed by atoms with E-state index in [0.29, 0.717) is 24.0 Å². The predicted octanol–water partition coefficient (Wildman–Crippen LogP) is 3.44. The number of rotatable bonds is 8. The summed E-state index contributed by atoms with van der Waals surface area (Å²) in [6.07, 6.45) is 4.29. The minimum atomic E-state index is -0.361. The zero-order valence-electron chi connectivity index (χ0n) is 16.5. The van der Waals surface area contributed by atoms with E-state index < -0.39 is 0 Å². The molecule has 0 bridgehead atoms. The fraction of sp³-hybridized carbons (Fsp3) is 0.500. The molecule has 4 rings (SSSR count). The average Bonchev–Trinajstić information content (AvgIpc) is 3.35. The van der Waals surface area contributed by atoms with Crippen LogP contribution in [0.1, 0.15) is 60.5 Å². The summed E-state index contributed by atoms with van der Waals surface area (Å²) in [5.41, 5.74) is 2.57. The van der Waals surface area contributed by atoms with Crippen molar-refractivity contribution in [1.29, 1.82) is 0 Å². The molecule has 8 nitrogen and oxygen atoms in total. The van der Waals surface area contributed by atoms with Gasteiger partial charge in [0.2, 0.25) is 0 Å². The largest absolute Gasteiger partial charge is 0.497 e. The first-order valence-electron chi connectivity index (χ1n) is 9.74. The van der Waals surface area contributed by atoms with Gasteiger partial charge in [-0.1, -0.05) is 13.3 Å². The highest BCUT2D eigenvalue weighted by Crippen LogP contribution is 2.42. The lowest BCUT2D eigenvalue weighted by atomic mass is 10.1. The zero-order chi connectivity index (χ0) is 19.7. The van der Waals surface area contributed by atoms with Gasteiger partial charge in [-0.05, 0) is 54.8 Å². The number of unbranched alkanes of at least 4 members (excludes halogenated alkanes) is 1. The van der Waals surface area contributed by atoms with Crippen molar-refractivity contribution in [3.05, 3.63) is 35.3 Å². The Bertz CT molecular complexity index is 1000. The lowest BCUT2D eigenvalue weighted by Crippen LogP contribution is -2.12. The van der Waals surface area contributed by atoms with Crippen LogP contribution < -0.4 is 4.74 Å². The first kappa shape index (κ1) is 18.5. The molecule has 0 saturated heterocycles. The number of carbonyl (C=O) groups is 1. The number of aryl methyl sites for hydroxylation is 1. The third kappa shape index (κ3) is 3.34. The quantitative estimate of drug-likeness (QED) is 0.554. The van der Waals surface area contributed by atoms with Crippen LogP contribution in [-0.4, -0.2) is 37.9 Å². The van der Waals surface area contributed by atoms with E-state index in [0.717, 1.165) is 48.0 Å². The molecular weight excluding hydrogens is 358 g/mol. The standard InChI is InChI=1S/C20H25N5O3/c1-4-5-10-24-18(21-22-23-24)12-28-20(26)19-13(2)25(14-6-7-14)17-9-8-15(27-3)11-16(17)19/h8-9,11,14H,4-7,10,12H2,1-3H3. The van der Waals surface area contributed by atoms with Gasteiger partial charge in [-0.3, -0.25) is 0 Å². The number of tetrazole rings is 1. The van der Waals surface area contributed by atoms with Crippen molar-refractivity contribution >= 4 is 16.9 Å². The molecule has 1 aromatic carbocycles. The van der Waals surface area contributed by atoms with E-state index in [1.165, 1.54) is 0 Å². The number of esters is 1. The number of ether oxygens (including phenoxy) is 2. The minimum Gasteiger partial charge on any atom is -0.497 e. The van der Waals surface area contributed by atoms with E-state index in [1.54, 1.807) is 11.8 Å². The lowest BCUT2D eigenvalue weighted by molar-refractivity contribution is 0.0457. The van der Waals surface area contributed by atoms with E-state index >= 15 is 0 Å². The Kier molecular flexibility index (Phi) is 5.02. The Morgan fingerprint density at radius 1 is 1.32 bits per heavy atom. The van der Waals surface area contributed by atoms with Gasteiger partial charge in [0.15, 0.2) is 12.4 Å². The number of carbonyl (C=O) groups excluding carboxylic acids is 1. The minimum absolute atomic E-state index is 0.0507. The molecule has 0 radical (unpaired) electrons. The normalized spacial score (nSPS) is 13.8. The number of benzene rings is 1. The van der Waals surface area contributed by atoms with E-state index in [4.69, 9.17) is 9.47 Å². The second kappa shape index (κ2) is 7.61. The van der Waals surface area contributed by atoms with Crippen LogP contribution in [0.5, 0.6) is 5.75 Å². The topological polar surface area (TPSA) is 84.1 Å². The summed E-state index contributed by atoms with van der Waals surface area (Å²) in [7, 11) is 1.63. The van der Waals surface area contributed by atoms with E-state index in [9.17, 15) is 4.79 Å². The second-order valence-corrected chi connectivity index (χ2v) is 7.19. The molecule has 0 atom stereocenters. The lowest BCUT2D eigenvalue weighted by Gasteiger charge is -2.07. The molecular formula is C20H25N5O3. The van der Waals surface area contributed by atoms with E-state index in [1.807, 2.05) is 25.1 Å². The van der Waals surface area contributed by atoms with Crippen LogP contribution in [0.3, 0.4) is 0 Å². The van der Waals surface area contributed by atoms with Crippen molar-refractivity contribution in [3.8, 4) is 5.75 Å². The second-order valence-electron chi connectivity index (χ2n) is 7.19. The molecule has 1 saturated carbocycles. The molecule has 28 heavy (non-hydrogen) atoms. The zero-order valence-corrected chi connectivity index (χ0v) is 16.5. The molecule has 0 unspecified atom stereocenters. The summed E-state index contributed by atoms with van der Waals surface area (Å²) in [6.45, 7) is 4.85. The van der Waals surface area contributed by atoms with E-state index in [2.05, 4.69) is 27.0 Å². The van der Waals surface area contributed by atoms with Crippen LogP contribution >= 0.6 is 0 Å². The van der Waals surface area contributed by atoms with Gasteiger partial charge < -0.3 is 14.0 Å². The van der Waals surface area contributed by atoms with Crippen LogP contribution in [0, 0.1) is 6.92 Å². The van der Waals surface area contributed by atoms with Crippen LogP contribution in [0.4, 0.5) is 0 Å². The Labute approximate surface area is 163 Å². The van der Waals surface area contributed by atoms with E-state index in [-0.39, 0.29) is 12.6 Å². The van der Waals surface area contributed by atoms with Gasteiger partial charge in [-0.15, -0.1) is 5.10 Å². The highest BCUT2D eigenvalue weighted by atomic mass is 16.5. The Morgan fingerprint density at radius 3 is 2.86 bits per heavy atom. The molecule has 0 N–H and O–H groups in total. The molecule has 2 aromatic heterocycles. The summed E-state index contributed by atoms with van der Waals surface area (Å²) < 4.78 is 14.9. The summed E-state index contributed by atoms with van der Waals surface area (Å²) in [6, 6.07) is 6.31. The highest BCUT2D eigenvalue weighted by Gasteiger charge is 2.31.